The molecule has 0 radical (unpaired) electrons. The Kier molecular flexibility index (Phi) is 5.01. The molecule has 1 aliphatic rings. The van der Waals surface area contributed by atoms with Gasteiger partial charge in [0.05, 0.1) is 27.0 Å². The Bertz CT molecular complexity index is 1110. The first-order valence-electron chi connectivity index (χ1n) is 8.79. The molecular formula is C20H18N2O4S2. The number of nitrogens with zero attached hydrogens (tertiary/aromatic N) is 2. The van der Waals surface area contributed by atoms with Crippen LogP contribution in [-0.2, 0) is 9.84 Å². The van der Waals surface area contributed by atoms with Gasteiger partial charge in [-0.25, -0.2) is 13.4 Å². The second-order valence-corrected chi connectivity index (χ2v) is 9.53. The molecule has 0 aliphatic carbocycles. The molecule has 3 aromatic rings. The average molecular weight is 415 g/mol. The van der Waals surface area contributed by atoms with E-state index in [-0.39, 0.29) is 21.7 Å². The Morgan fingerprint density at radius 3 is 2.57 bits per heavy atom. The van der Waals surface area contributed by atoms with Crippen LogP contribution >= 0.6 is 11.3 Å². The zero-order valence-electron chi connectivity index (χ0n) is 14.9. The number of sulfone groups is 1. The molecule has 0 unspecified atom stereocenters. The molecule has 4 rings (SSSR count). The number of aliphatic hydroxyl groups is 1. The van der Waals surface area contributed by atoms with Crippen LogP contribution < -0.4 is 4.90 Å². The summed E-state index contributed by atoms with van der Waals surface area (Å²) in [7, 11) is -3.69. The Labute approximate surface area is 167 Å². The molecule has 1 aromatic heterocycles. The number of aliphatic hydroxyl groups excluding tert-OH is 1. The lowest BCUT2D eigenvalue weighted by molar-refractivity contribution is 0.104. The van der Waals surface area contributed by atoms with Crippen LogP contribution in [0.4, 0.5) is 5.13 Å². The van der Waals surface area contributed by atoms with E-state index < -0.39 is 9.84 Å². The third kappa shape index (κ3) is 3.58. The number of hydrogen-bond acceptors (Lipinski definition) is 7. The smallest absolute Gasteiger partial charge is 0.206 e. The van der Waals surface area contributed by atoms with Crippen LogP contribution in [0.3, 0.4) is 0 Å². The Balaban J connectivity index is 1.61. The summed E-state index contributed by atoms with van der Waals surface area (Å²) in [5.41, 5.74) is 0.300. The molecule has 0 amide bonds. The van der Waals surface area contributed by atoms with Gasteiger partial charge in [-0.15, -0.1) is 0 Å². The minimum atomic E-state index is -3.69. The van der Waals surface area contributed by atoms with Crippen molar-refractivity contribution in [2.75, 3.05) is 18.0 Å². The lowest BCUT2D eigenvalue weighted by atomic mass is 10.1. The van der Waals surface area contributed by atoms with E-state index in [1.807, 2.05) is 4.90 Å². The van der Waals surface area contributed by atoms with Crippen molar-refractivity contribution >= 4 is 32.1 Å². The van der Waals surface area contributed by atoms with Crippen LogP contribution in [0.15, 0.2) is 70.6 Å². The van der Waals surface area contributed by atoms with Crippen molar-refractivity contribution in [1.29, 1.82) is 0 Å². The van der Waals surface area contributed by atoms with Crippen LogP contribution in [0.5, 0.6) is 0 Å². The highest BCUT2D eigenvalue weighted by molar-refractivity contribution is 7.91. The summed E-state index contributed by atoms with van der Waals surface area (Å²) in [6, 6.07) is 14.2. The third-order valence-corrected chi connectivity index (χ3v) is 7.44. The number of rotatable bonds is 5. The summed E-state index contributed by atoms with van der Waals surface area (Å²) in [5.74, 6) is -0.270. The van der Waals surface area contributed by atoms with Gasteiger partial charge in [-0.05, 0) is 30.7 Å². The standard InChI is InChI=1S/C20H18N2O4S2/c23-15-9-10-22(13-15)20-21-12-18(27-20)19(24)14-5-4-8-17(11-14)28(25,26)16-6-2-1-3-7-16/h1-8,11-12,15,23H,9-10,13H2/t15-/m0/s1. The van der Waals surface area contributed by atoms with Crippen molar-refractivity contribution in [3.63, 3.8) is 0 Å². The van der Waals surface area contributed by atoms with E-state index in [1.165, 1.54) is 41.8 Å². The maximum absolute atomic E-state index is 12.9. The molecule has 2 aromatic carbocycles. The number of ketones is 1. The van der Waals surface area contributed by atoms with E-state index >= 15 is 0 Å². The number of aromatic nitrogens is 1. The fourth-order valence-electron chi connectivity index (χ4n) is 3.11. The maximum atomic E-state index is 12.9. The maximum Gasteiger partial charge on any atom is 0.206 e. The van der Waals surface area contributed by atoms with E-state index in [4.69, 9.17) is 0 Å². The van der Waals surface area contributed by atoms with Crippen molar-refractivity contribution < 1.29 is 18.3 Å². The fraction of sp³-hybridized carbons (Fsp3) is 0.200. The van der Waals surface area contributed by atoms with Crippen molar-refractivity contribution in [2.24, 2.45) is 0 Å². The molecule has 1 atom stereocenters. The lowest BCUT2D eigenvalue weighted by Gasteiger charge is -2.12. The zero-order chi connectivity index (χ0) is 19.7. The first-order valence-corrected chi connectivity index (χ1v) is 11.1. The normalized spacial score (nSPS) is 17.0. The minimum absolute atomic E-state index is 0.0805. The monoisotopic (exact) mass is 414 g/mol. The van der Waals surface area contributed by atoms with Crippen LogP contribution in [-0.4, -0.2) is 43.5 Å². The molecule has 0 bridgehead atoms. The molecule has 0 saturated carbocycles. The van der Waals surface area contributed by atoms with Crippen molar-refractivity contribution in [3.8, 4) is 0 Å². The van der Waals surface area contributed by atoms with E-state index in [2.05, 4.69) is 4.98 Å². The van der Waals surface area contributed by atoms with E-state index in [0.717, 1.165) is 0 Å². The predicted octanol–water partition coefficient (Wildman–Crippen LogP) is 2.78. The number of thiazole rings is 1. The highest BCUT2D eigenvalue weighted by Gasteiger charge is 2.24. The topological polar surface area (TPSA) is 87.6 Å². The van der Waals surface area contributed by atoms with Crippen LogP contribution in [0.2, 0.25) is 0 Å². The molecule has 2 heterocycles. The van der Waals surface area contributed by atoms with Crippen molar-refractivity contribution in [3.05, 3.63) is 71.2 Å². The summed E-state index contributed by atoms with van der Waals surface area (Å²) in [4.78, 5) is 19.8. The molecule has 8 heteroatoms. The van der Waals surface area contributed by atoms with Gasteiger partial charge < -0.3 is 10.0 Å². The van der Waals surface area contributed by atoms with Crippen molar-refractivity contribution in [1.82, 2.24) is 4.98 Å². The number of β-amino-alcohol motifs (C(OH)–C–C–N with tert-alkyl or cyclic N) is 1. The van der Waals surface area contributed by atoms with Gasteiger partial charge >= 0.3 is 0 Å². The summed E-state index contributed by atoms with van der Waals surface area (Å²) in [6.07, 6.45) is 1.82. The van der Waals surface area contributed by atoms with Gasteiger partial charge in [0, 0.05) is 18.7 Å². The van der Waals surface area contributed by atoms with Gasteiger partial charge in [0.25, 0.3) is 0 Å². The third-order valence-electron chi connectivity index (χ3n) is 4.61. The minimum Gasteiger partial charge on any atom is -0.391 e. The summed E-state index contributed by atoms with van der Waals surface area (Å²) >= 11 is 1.25. The van der Waals surface area contributed by atoms with Gasteiger partial charge in [0.1, 0.15) is 0 Å². The molecule has 1 aliphatic heterocycles. The first kappa shape index (κ1) is 18.8. The van der Waals surface area contributed by atoms with Crippen LogP contribution in [0, 0.1) is 0 Å². The lowest BCUT2D eigenvalue weighted by Crippen LogP contribution is -2.20. The number of hydrogen-bond donors (Lipinski definition) is 1. The Hall–Kier alpha value is -2.55. The molecule has 1 fully saturated rings. The molecule has 144 valence electrons. The second-order valence-electron chi connectivity index (χ2n) is 6.57. The van der Waals surface area contributed by atoms with E-state index in [1.54, 1.807) is 30.3 Å². The number of anilines is 1. The van der Waals surface area contributed by atoms with Crippen molar-refractivity contribution in [2.45, 2.75) is 22.3 Å². The SMILES string of the molecule is O=C(c1cccc(S(=O)(=O)c2ccccc2)c1)c1cnc(N2CC[C@H](O)C2)s1. The van der Waals surface area contributed by atoms with Gasteiger partial charge in [-0.2, -0.15) is 0 Å². The van der Waals surface area contributed by atoms with Gasteiger partial charge in [0.2, 0.25) is 15.6 Å². The van der Waals surface area contributed by atoms with E-state index in [9.17, 15) is 18.3 Å². The molecule has 28 heavy (non-hydrogen) atoms. The second kappa shape index (κ2) is 7.46. The molecular weight excluding hydrogens is 396 g/mol. The molecule has 6 nitrogen and oxygen atoms in total. The van der Waals surface area contributed by atoms with Gasteiger partial charge in [0.15, 0.2) is 5.13 Å². The summed E-state index contributed by atoms with van der Waals surface area (Å²) in [6.45, 7) is 1.21. The highest BCUT2D eigenvalue weighted by atomic mass is 32.2. The number of benzene rings is 2. The first-order chi connectivity index (χ1) is 13.4. The quantitative estimate of drug-likeness (QED) is 0.646. The predicted molar refractivity (Wildman–Crippen MR) is 107 cm³/mol. The molecule has 1 N–H and O–H groups in total. The van der Waals surface area contributed by atoms with Crippen LogP contribution in [0.1, 0.15) is 21.7 Å². The Morgan fingerprint density at radius 2 is 1.86 bits per heavy atom. The number of carbonyl (C=O) groups is 1. The van der Waals surface area contributed by atoms with Crippen LogP contribution in [0.25, 0.3) is 0 Å². The van der Waals surface area contributed by atoms with E-state index in [0.29, 0.717) is 35.1 Å². The number of carbonyl (C=O) groups excluding carboxylic acids is 1. The average Bonchev–Trinajstić information content (AvgIpc) is 3.37. The summed E-state index contributed by atoms with van der Waals surface area (Å²) < 4.78 is 25.6. The van der Waals surface area contributed by atoms with Gasteiger partial charge in [-0.1, -0.05) is 41.7 Å². The Morgan fingerprint density at radius 1 is 1.11 bits per heavy atom. The summed E-state index contributed by atoms with van der Waals surface area (Å²) in [5, 5.41) is 10.4. The molecule has 1 saturated heterocycles. The zero-order valence-corrected chi connectivity index (χ0v) is 16.5. The van der Waals surface area contributed by atoms with Gasteiger partial charge in [-0.3, -0.25) is 4.79 Å². The largest absolute Gasteiger partial charge is 0.391 e. The fourth-order valence-corrected chi connectivity index (χ4v) is 5.35. The highest BCUT2D eigenvalue weighted by Crippen LogP contribution is 2.28. The molecule has 0 spiro atoms.